The van der Waals surface area contributed by atoms with Gasteiger partial charge in [0.2, 0.25) is 0 Å². The quantitative estimate of drug-likeness (QED) is 0.621. The van der Waals surface area contributed by atoms with Crippen molar-refractivity contribution >= 4 is 11.8 Å². The zero-order valence-corrected chi connectivity index (χ0v) is 17.1. The lowest BCUT2D eigenvalue weighted by Gasteiger charge is -2.27. The first kappa shape index (κ1) is 19.9. The van der Waals surface area contributed by atoms with Crippen LogP contribution in [-0.2, 0) is 19.4 Å². The molecule has 1 aliphatic rings. The summed E-state index contributed by atoms with van der Waals surface area (Å²) >= 11 is 0. The number of aromatic nitrogens is 2. The Labute approximate surface area is 176 Å². The Balaban J connectivity index is 1.36. The van der Waals surface area contributed by atoms with E-state index in [0.717, 1.165) is 29.7 Å². The highest BCUT2D eigenvalue weighted by Crippen LogP contribution is 2.22. The summed E-state index contributed by atoms with van der Waals surface area (Å²) in [5.74, 6) is -0.207. The third kappa shape index (κ3) is 4.43. The monoisotopic (exact) mass is 402 g/mol. The predicted molar refractivity (Wildman–Crippen MR) is 115 cm³/mol. The number of aryl methyl sites for hydroxylation is 2. The molecule has 4 rings (SSSR count). The van der Waals surface area contributed by atoms with Crippen LogP contribution in [0, 0.1) is 6.92 Å². The number of hydrogen-bond donors (Lipinski definition) is 2. The van der Waals surface area contributed by atoms with Gasteiger partial charge < -0.3 is 10.2 Å². The summed E-state index contributed by atoms with van der Waals surface area (Å²) in [6.45, 7) is 3.59. The molecule has 0 fully saturated rings. The second-order valence-corrected chi connectivity index (χ2v) is 7.72. The van der Waals surface area contributed by atoms with Gasteiger partial charge in [-0.25, -0.2) is 0 Å². The average Bonchev–Trinajstić information content (AvgIpc) is 3.21. The van der Waals surface area contributed by atoms with Crippen LogP contribution in [0.4, 0.5) is 0 Å². The molecule has 0 saturated carbocycles. The first-order chi connectivity index (χ1) is 14.6. The summed E-state index contributed by atoms with van der Waals surface area (Å²) in [6.07, 6.45) is 2.44. The molecule has 0 unspecified atom stereocenters. The highest BCUT2D eigenvalue weighted by atomic mass is 16.2. The van der Waals surface area contributed by atoms with Crippen molar-refractivity contribution in [3.05, 3.63) is 88.2 Å². The zero-order chi connectivity index (χ0) is 20.9. The number of hydrogen-bond acceptors (Lipinski definition) is 3. The van der Waals surface area contributed by atoms with Crippen LogP contribution in [0.1, 0.15) is 49.7 Å². The molecule has 0 spiro atoms. The minimum absolute atomic E-state index is 0.0175. The van der Waals surface area contributed by atoms with E-state index in [-0.39, 0.29) is 11.8 Å². The van der Waals surface area contributed by atoms with E-state index in [0.29, 0.717) is 37.3 Å². The Kier molecular flexibility index (Phi) is 5.93. The van der Waals surface area contributed by atoms with Crippen molar-refractivity contribution in [1.82, 2.24) is 20.4 Å². The highest BCUT2D eigenvalue weighted by Gasteiger charge is 2.28. The molecule has 2 amide bonds. The maximum Gasteiger partial charge on any atom is 0.272 e. The number of fused-ring (bicyclic) bond motifs is 1. The molecule has 0 bridgehead atoms. The van der Waals surface area contributed by atoms with E-state index in [1.807, 2.05) is 49.4 Å². The van der Waals surface area contributed by atoms with Crippen LogP contribution in [0.5, 0.6) is 0 Å². The average molecular weight is 402 g/mol. The fourth-order valence-electron chi connectivity index (χ4n) is 3.76. The van der Waals surface area contributed by atoms with Gasteiger partial charge >= 0.3 is 0 Å². The van der Waals surface area contributed by atoms with Gasteiger partial charge in [-0.1, -0.05) is 48.0 Å². The first-order valence-corrected chi connectivity index (χ1v) is 10.4. The van der Waals surface area contributed by atoms with E-state index in [1.54, 1.807) is 4.90 Å². The minimum atomic E-state index is -0.190. The zero-order valence-electron chi connectivity index (χ0n) is 17.1. The fraction of sp³-hybridized carbons (Fsp3) is 0.292. The summed E-state index contributed by atoms with van der Waals surface area (Å²) < 4.78 is 0. The first-order valence-electron chi connectivity index (χ1n) is 10.4. The molecule has 0 atom stereocenters. The Bertz CT molecular complexity index is 1030. The normalized spacial score (nSPS) is 13.0. The van der Waals surface area contributed by atoms with Crippen molar-refractivity contribution in [2.24, 2.45) is 0 Å². The van der Waals surface area contributed by atoms with Crippen molar-refractivity contribution in [2.75, 3.05) is 13.1 Å². The van der Waals surface area contributed by atoms with Crippen LogP contribution in [-0.4, -0.2) is 40.0 Å². The number of H-pyrrole nitrogens is 1. The van der Waals surface area contributed by atoms with Gasteiger partial charge in [-0.15, -0.1) is 0 Å². The fourth-order valence-corrected chi connectivity index (χ4v) is 3.76. The molecule has 1 aromatic heterocycles. The number of nitrogens with one attached hydrogen (secondary N) is 2. The summed E-state index contributed by atoms with van der Waals surface area (Å²) in [7, 11) is 0. The molecule has 2 N–H and O–H groups in total. The molecule has 2 aromatic carbocycles. The molecule has 154 valence electrons. The Morgan fingerprint density at radius 1 is 1.10 bits per heavy atom. The second kappa shape index (κ2) is 8.95. The SMILES string of the molecule is Cc1ccc(C(=O)N2CCc3[nH]nc(C(=O)NCCCc4ccccc4)c3C2)cc1. The Morgan fingerprint density at radius 2 is 1.87 bits per heavy atom. The van der Waals surface area contributed by atoms with Crippen LogP contribution >= 0.6 is 0 Å². The number of benzene rings is 2. The van der Waals surface area contributed by atoms with Gasteiger partial charge in [-0.2, -0.15) is 5.10 Å². The standard InChI is InChI=1S/C24H26N4O2/c1-17-9-11-19(12-10-17)24(30)28-15-13-21-20(16-28)22(27-26-21)23(29)25-14-5-8-18-6-3-2-4-7-18/h2-4,6-7,9-12H,5,8,13-16H2,1H3,(H,25,29)(H,26,27). The Morgan fingerprint density at radius 3 is 2.63 bits per heavy atom. The number of amides is 2. The molecule has 0 radical (unpaired) electrons. The van der Waals surface area contributed by atoms with Crippen molar-refractivity contribution in [3.63, 3.8) is 0 Å². The number of aromatic amines is 1. The number of nitrogens with zero attached hydrogens (tertiary/aromatic N) is 2. The van der Waals surface area contributed by atoms with Gasteiger partial charge in [0.15, 0.2) is 5.69 Å². The molecule has 3 aromatic rings. The smallest absolute Gasteiger partial charge is 0.272 e. The van der Waals surface area contributed by atoms with Gasteiger partial charge in [0, 0.05) is 36.3 Å². The molecular formula is C24H26N4O2. The van der Waals surface area contributed by atoms with Crippen LogP contribution in [0.15, 0.2) is 54.6 Å². The topological polar surface area (TPSA) is 78.1 Å². The van der Waals surface area contributed by atoms with Gasteiger partial charge in [0.25, 0.3) is 11.8 Å². The maximum absolute atomic E-state index is 12.9. The largest absolute Gasteiger partial charge is 0.351 e. The molecule has 6 heteroatoms. The lowest BCUT2D eigenvalue weighted by Crippen LogP contribution is -2.37. The number of carbonyl (C=O) groups excluding carboxylic acids is 2. The predicted octanol–water partition coefficient (Wildman–Crippen LogP) is 3.28. The number of carbonyl (C=O) groups is 2. The lowest BCUT2D eigenvalue weighted by atomic mass is 10.0. The second-order valence-electron chi connectivity index (χ2n) is 7.72. The highest BCUT2D eigenvalue weighted by molar-refractivity contribution is 5.96. The minimum Gasteiger partial charge on any atom is -0.351 e. The number of rotatable bonds is 6. The van der Waals surface area contributed by atoms with Gasteiger partial charge in [-0.05, 0) is 37.5 Å². The Hall–Kier alpha value is -3.41. The van der Waals surface area contributed by atoms with Crippen LogP contribution < -0.4 is 5.32 Å². The summed E-state index contributed by atoms with van der Waals surface area (Å²) in [5.41, 5.74) is 5.20. The van der Waals surface area contributed by atoms with E-state index in [1.165, 1.54) is 5.56 Å². The van der Waals surface area contributed by atoms with E-state index in [2.05, 4.69) is 27.6 Å². The molecule has 1 aliphatic heterocycles. The summed E-state index contributed by atoms with van der Waals surface area (Å²) in [6, 6.07) is 17.8. The molecular weight excluding hydrogens is 376 g/mol. The van der Waals surface area contributed by atoms with Crippen molar-refractivity contribution in [1.29, 1.82) is 0 Å². The van der Waals surface area contributed by atoms with Crippen molar-refractivity contribution in [3.8, 4) is 0 Å². The molecule has 30 heavy (non-hydrogen) atoms. The molecule has 0 aliphatic carbocycles. The molecule has 0 saturated heterocycles. The van der Waals surface area contributed by atoms with Crippen molar-refractivity contribution < 1.29 is 9.59 Å². The van der Waals surface area contributed by atoms with E-state index in [9.17, 15) is 9.59 Å². The molecule has 6 nitrogen and oxygen atoms in total. The van der Waals surface area contributed by atoms with Crippen LogP contribution in [0.3, 0.4) is 0 Å². The van der Waals surface area contributed by atoms with Crippen LogP contribution in [0.25, 0.3) is 0 Å². The van der Waals surface area contributed by atoms with Crippen molar-refractivity contribution in [2.45, 2.75) is 32.7 Å². The van der Waals surface area contributed by atoms with Gasteiger partial charge in [0.1, 0.15) is 0 Å². The van der Waals surface area contributed by atoms with E-state index in [4.69, 9.17) is 0 Å². The van der Waals surface area contributed by atoms with E-state index >= 15 is 0 Å². The maximum atomic E-state index is 12.9. The van der Waals surface area contributed by atoms with E-state index < -0.39 is 0 Å². The third-order valence-corrected chi connectivity index (χ3v) is 5.50. The summed E-state index contributed by atoms with van der Waals surface area (Å²) in [4.78, 5) is 27.3. The summed E-state index contributed by atoms with van der Waals surface area (Å²) in [5, 5.41) is 10.2. The lowest BCUT2D eigenvalue weighted by molar-refractivity contribution is 0.0731. The third-order valence-electron chi connectivity index (χ3n) is 5.50. The van der Waals surface area contributed by atoms with Gasteiger partial charge in [-0.3, -0.25) is 14.7 Å². The van der Waals surface area contributed by atoms with Gasteiger partial charge in [0.05, 0.1) is 6.54 Å². The van der Waals surface area contributed by atoms with Crippen LogP contribution in [0.2, 0.25) is 0 Å². The molecule has 2 heterocycles.